The normalized spacial score (nSPS) is 19.6. The second-order valence-electron chi connectivity index (χ2n) is 11.2. The van der Waals surface area contributed by atoms with Crippen molar-refractivity contribution in [2.75, 3.05) is 0 Å². The minimum absolute atomic E-state index is 0.153. The smallest absolute Gasteiger partial charge is 0.250 e. The number of hydrogen-bond acceptors (Lipinski definition) is 3. The molecule has 0 aromatic heterocycles. The number of fused-ring (bicyclic) bond motifs is 1. The highest BCUT2D eigenvalue weighted by Gasteiger charge is 2.41. The van der Waals surface area contributed by atoms with Crippen LogP contribution >= 0.6 is 0 Å². The molecule has 31 heavy (non-hydrogen) atoms. The molecular formula is C27H44O3Si. The molecule has 0 bridgehead atoms. The summed E-state index contributed by atoms with van der Waals surface area (Å²) in [5.74, 6) is 2.16. The minimum Gasteiger partial charge on any atom is -0.543 e. The minimum atomic E-state index is -1.91. The third kappa shape index (κ3) is 5.82. The van der Waals surface area contributed by atoms with Gasteiger partial charge < -0.3 is 14.0 Å². The Balaban J connectivity index is 2.27. The largest absolute Gasteiger partial charge is 0.543 e. The van der Waals surface area contributed by atoms with Crippen LogP contribution < -0.4 is 9.16 Å². The first-order chi connectivity index (χ1) is 14.2. The molecule has 1 aliphatic rings. The van der Waals surface area contributed by atoms with Crippen molar-refractivity contribution in [3.63, 3.8) is 0 Å². The molecule has 0 saturated heterocycles. The van der Waals surface area contributed by atoms with Crippen LogP contribution in [-0.2, 0) is 11.2 Å². The Kier molecular flexibility index (Phi) is 7.89. The number of allylic oxidation sites excluding steroid dienone is 2. The van der Waals surface area contributed by atoms with Crippen LogP contribution in [-0.4, -0.2) is 20.2 Å². The SMILES string of the molecule is C/C(=C\CC[C@@]1(C)CCc2c(C)c(O[Si](C)(C)C(C)(C)C)c(C)c(C)c2O1)CCC=O. The summed E-state index contributed by atoms with van der Waals surface area (Å²) in [7, 11) is -1.91. The lowest BCUT2D eigenvalue weighted by Gasteiger charge is -2.41. The topological polar surface area (TPSA) is 35.5 Å². The van der Waals surface area contributed by atoms with E-state index in [0.29, 0.717) is 6.42 Å². The van der Waals surface area contributed by atoms with Crippen molar-refractivity contribution in [1.82, 2.24) is 0 Å². The van der Waals surface area contributed by atoms with Crippen LogP contribution in [0.2, 0.25) is 18.1 Å². The van der Waals surface area contributed by atoms with Crippen LogP contribution in [0.1, 0.15) is 89.0 Å². The average molecular weight is 445 g/mol. The van der Waals surface area contributed by atoms with Crippen molar-refractivity contribution in [3.8, 4) is 11.5 Å². The molecule has 1 aromatic carbocycles. The summed E-state index contributed by atoms with van der Waals surface area (Å²) >= 11 is 0. The third-order valence-electron chi connectivity index (χ3n) is 7.55. The molecule has 3 nitrogen and oxygen atoms in total. The maximum atomic E-state index is 10.6. The highest BCUT2D eigenvalue weighted by atomic mass is 28.4. The van der Waals surface area contributed by atoms with Gasteiger partial charge in [0, 0.05) is 12.0 Å². The predicted molar refractivity (Wildman–Crippen MR) is 134 cm³/mol. The summed E-state index contributed by atoms with van der Waals surface area (Å²) in [6, 6.07) is 0. The van der Waals surface area contributed by atoms with E-state index in [1.807, 2.05) is 0 Å². The fourth-order valence-electron chi connectivity index (χ4n) is 4.03. The van der Waals surface area contributed by atoms with Gasteiger partial charge in [-0.1, -0.05) is 32.4 Å². The molecule has 1 atom stereocenters. The van der Waals surface area contributed by atoms with E-state index in [0.717, 1.165) is 49.9 Å². The Morgan fingerprint density at radius 3 is 2.35 bits per heavy atom. The van der Waals surface area contributed by atoms with Gasteiger partial charge in [0.15, 0.2) is 0 Å². The molecule has 0 N–H and O–H groups in total. The molecule has 1 aliphatic heterocycles. The van der Waals surface area contributed by atoms with Crippen molar-refractivity contribution >= 4 is 14.6 Å². The summed E-state index contributed by atoms with van der Waals surface area (Å²) in [6.45, 7) is 22.4. The van der Waals surface area contributed by atoms with E-state index in [1.54, 1.807) is 0 Å². The number of ether oxygens (including phenoxy) is 1. The van der Waals surface area contributed by atoms with Gasteiger partial charge in [-0.15, -0.1) is 0 Å². The second-order valence-corrected chi connectivity index (χ2v) is 15.9. The Morgan fingerprint density at radius 1 is 1.13 bits per heavy atom. The summed E-state index contributed by atoms with van der Waals surface area (Å²) < 4.78 is 13.5. The molecule has 0 aliphatic carbocycles. The molecule has 0 fully saturated rings. The summed E-state index contributed by atoms with van der Waals surface area (Å²) in [5.41, 5.74) is 6.16. The predicted octanol–water partition coefficient (Wildman–Crippen LogP) is 7.79. The van der Waals surface area contributed by atoms with Gasteiger partial charge in [-0.25, -0.2) is 0 Å². The van der Waals surface area contributed by atoms with Crippen molar-refractivity contribution in [2.24, 2.45) is 0 Å². The molecule has 1 aromatic rings. The van der Waals surface area contributed by atoms with Crippen molar-refractivity contribution < 1.29 is 14.0 Å². The number of aldehydes is 1. The zero-order chi connectivity index (χ0) is 23.6. The fraction of sp³-hybridized carbons (Fsp3) is 0.667. The number of benzene rings is 1. The maximum Gasteiger partial charge on any atom is 0.250 e. The van der Waals surface area contributed by atoms with Gasteiger partial charge >= 0.3 is 0 Å². The van der Waals surface area contributed by atoms with Crippen LogP contribution in [0, 0.1) is 20.8 Å². The van der Waals surface area contributed by atoms with E-state index in [2.05, 4.69) is 74.6 Å². The summed E-state index contributed by atoms with van der Waals surface area (Å²) in [5, 5.41) is 0.169. The molecule has 1 heterocycles. The molecule has 2 rings (SSSR count). The van der Waals surface area contributed by atoms with Crippen molar-refractivity contribution in [3.05, 3.63) is 33.9 Å². The number of carbonyl (C=O) groups excluding carboxylic acids is 1. The van der Waals surface area contributed by atoms with Gasteiger partial charge in [0.25, 0.3) is 8.32 Å². The molecule has 0 saturated carbocycles. The van der Waals surface area contributed by atoms with Gasteiger partial charge in [0.1, 0.15) is 23.4 Å². The van der Waals surface area contributed by atoms with Crippen LogP contribution in [0.3, 0.4) is 0 Å². The first-order valence-corrected chi connectivity index (χ1v) is 14.7. The first kappa shape index (κ1) is 25.7. The van der Waals surface area contributed by atoms with Crippen molar-refractivity contribution in [2.45, 2.75) is 118 Å². The van der Waals surface area contributed by atoms with Crippen LogP contribution in [0.15, 0.2) is 11.6 Å². The molecule has 0 radical (unpaired) electrons. The number of hydrogen-bond donors (Lipinski definition) is 0. The monoisotopic (exact) mass is 444 g/mol. The fourth-order valence-corrected chi connectivity index (χ4v) is 5.15. The highest BCUT2D eigenvalue weighted by Crippen LogP contribution is 2.47. The van der Waals surface area contributed by atoms with Gasteiger partial charge in [0.05, 0.1) is 0 Å². The van der Waals surface area contributed by atoms with Crippen molar-refractivity contribution in [1.29, 1.82) is 0 Å². The molecular weight excluding hydrogens is 400 g/mol. The van der Waals surface area contributed by atoms with Gasteiger partial charge in [-0.2, -0.15) is 0 Å². The van der Waals surface area contributed by atoms with Crippen LogP contribution in [0.4, 0.5) is 0 Å². The van der Waals surface area contributed by atoms with E-state index in [4.69, 9.17) is 9.16 Å². The quantitative estimate of drug-likeness (QED) is 0.233. The molecule has 0 amide bonds. The Morgan fingerprint density at radius 2 is 1.77 bits per heavy atom. The molecule has 4 heteroatoms. The van der Waals surface area contributed by atoms with Crippen LogP contribution in [0.25, 0.3) is 0 Å². The Bertz CT molecular complexity index is 845. The summed E-state index contributed by atoms with van der Waals surface area (Å²) in [6.07, 6.45) is 8.76. The van der Waals surface area contributed by atoms with Gasteiger partial charge in [0.2, 0.25) is 0 Å². The third-order valence-corrected chi connectivity index (χ3v) is 11.9. The zero-order valence-corrected chi connectivity index (χ0v) is 22.6. The van der Waals surface area contributed by atoms with E-state index < -0.39 is 8.32 Å². The summed E-state index contributed by atoms with van der Waals surface area (Å²) in [4.78, 5) is 10.6. The van der Waals surface area contributed by atoms with E-state index >= 15 is 0 Å². The average Bonchev–Trinajstić information content (AvgIpc) is 2.67. The standard InChI is InChI=1S/C27H44O3Si/c1-19(14-12-18-28)13-11-16-27(8)17-15-23-22(4)24(20(2)21(3)25(23)29-27)30-31(9,10)26(5,6)7/h13,18H,11-12,14-17H2,1-10H3/b19-13+/t27-/m0/s1. The Hall–Kier alpha value is -1.55. The maximum absolute atomic E-state index is 10.6. The van der Waals surface area contributed by atoms with Crippen LogP contribution in [0.5, 0.6) is 11.5 Å². The highest BCUT2D eigenvalue weighted by molar-refractivity contribution is 6.74. The first-order valence-electron chi connectivity index (χ1n) is 11.8. The molecule has 0 unspecified atom stereocenters. The van der Waals surface area contributed by atoms with E-state index in [-0.39, 0.29) is 10.6 Å². The zero-order valence-electron chi connectivity index (χ0n) is 21.6. The lowest BCUT2D eigenvalue weighted by Crippen LogP contribution is -2.44. The number of carbonyl (C=O) groups is 1. The lowest BCUT2D eigenvalue weighted by molar-refractivity contribution is -0.107. The Labute approximate surface area is 191 Å². The van der Waals surface area contributed by atoms with Gasteiger partial charge in [-0.3, -0.25) is 0 Å². The van der Waals surface area contributed by atoms with E-state index in [1.165, 1.54) is 27.8 Å². The van der Waals surface area contributed by atoms with Gasteiger partial charge in [-0.05, 0) is 102 Å². The molecule has 0 spiro atoms. The van der Waals surface area contributed by atoms with E-state index in [9.17, 15) is 4.79 Å². The number of rotatable bonds is 8. The lowest BCUT2D eigenvalue weighted by atomic mass is 9.85. The second kappa shape index (κ2) is 9.52. The molecule has 174 valence electrons.